The summed E-state index contributed by atoms with van der Waals surface area (Å²) in [6.45, 7) is 2.06. The number of anilines is 4. The molecule has 1 aliphatic rings. The number of amides is 1. The fourth-order valence-corrected chi connectivity index (χ4v) is 3.71. The molecule has 1 saturated heterocycles. The number of carbonyl (C=O) groups excluding carboxylic acids is 1. The second kappa shape index (κ2) is 10.6. The van der Waals surface area contributed by atoms with Crippen LogP contribution in [0, 0.1) is 5.82 Å². The maximum absolute atomic E-state index is 14.3. The molecule has 0 saturated carbocycles. The van der Waals surface area contributed by atoms with E-state index in [1.165, 1.54) is 24.3 Å². The summed E-state index contributed by atoms with van der Waals surface area (Å²) < 4.78 is 47.8. The van der Waals surface area contributed by atoms with Gasteiger partial charge in [-0.1, -0.05) is 0 Å². The van der Waals surface area contributed by atoms with Crippen LogP contribution >= 0.6 is 0 Å². The average Bonchev–Trinajstić information content (AvgIpc) is 2.86. The van der Waals surface area contributed by atoms with Crippen molar-refractivity contribution in [2.75, 3.05) is 43.5 Å². The molecule has 13 heteroatoms. The standard InChI is InChI=1S/C22H23FN6O5S/c23-19-13-25-22(27-16-3-7-18(8-4-16)35(24,31)32)28-21(19)26-15-1-5-17(6-2-15)34-14-20(30)29-9-11-33-12-10-29/h1-8,13H,9-12,14H2,(H2,24,31,32)(H2,25,26,27,28). The molecule has 0 radical (unpaired) electrons. The Morgan fingerprint density at radius 2 is 1.69 bits per heavy atom. The number of halogens is 1. The van der Waals surface area contributed by atoms with Crippen molar-refractivity contribution >= 4 is 39.1 Å². The van der Waals surface area contributed by atoms with Crippen LogP contribution in [0.3, 0.4) is 0 Å². The number of sulfonamides is 1. The Labute approximate surface area is 201 Å². The van der Waals surface area contributed by atoms with E-state index in [-0.39, 0.29) is 29.2 Å². The van der Waals surface area contributed by atoms with Crippen molar-refractivity contribution in [1.82, 2.24) is 14.9 Å². The molecule has 0 aliphatic carbocycles. The number of hydrogen-bond donors (Lipinski definition) is 3. The van der Waals surface area contributed by atoms with Gasteiger partial charge in [0.1, 0.15) is 5.75 Å². The van der Waals surface area contributed by atoms with Crippen LogP contribution in [-0.2, 0) is 19.6 Å². The SMILES string of the molecule is NS(=O)(=O)c1ccc(Nc2ncc(F)c(Nc3ccc(OCC(=O)N4CCOCC4)cc3)n2)cc1. The normalized spacial score (nSPS) is 13.8. The number of carbonyl (C=O) groups is 1. The van der Waals surface area contributed by atoms with E-state index < -0.39 is 15.8 Å². The Morgan fingerprint density at radius 1 is 1.06 bits per heavy atom. The van der Waals surface area contributed by atoms with E-state index in [1.54, 1.807) is 29.2 Å². The van der Waals surface area contributed by atoms with Gasteiger partial charge in [0.05, 0.1) is 24.3 Å². The van der Waals surface area contributed by atoms with Gasteiger partial charge in [-0.3, -0.25) is 4.79 Å². The second-order valence-electron chi connectivity index (χ2n) is 7.52. The monoisotopic (exact) mass is 502 g/mol. The summed E-state index contributed by atoms with van der Waals surface area (Å²) in [6, 6.07) is 12.3. The predicted octanol–water partition coefficient (Wildman–Crippen LogP) is 1.99. The number of morpholine rings is 1. The second-order valence-corrected chi connectivity index (χ2v) is 9.08. The molecule has 0 unspecified atom stereocenters. The van der Waals surface area contributed by atoms with Gasteiger partial charge in [-0.05, 0) is 48.5 Å². The van der Waals surface area contributed by atoms with E-state index in [1.807, 2.05) is 0 Å². The molecule has 0 bridgehead atoms. The minimum atomic E-state index is -3.81. The summed E-state index contributed by atoms with van der Waals surface area (Å²) in [5, 5.41) is 10.8. The van der Waals surface area contributed by atoms with Crippen LogP contribution in [0.2, 0.25) is 0 Å². The van der Waals surface area contributed by atoms with E-state index >= 15 is 0 Å². The predicted molar refractivity (Wildman–Crippen MR) is 126 cm³/mol. The van der Waals surface area contributed by atoms with E-state index in [0.717, 1.165) is 6.20 Å². The molecule has 4 rings (SSSR count). The van der Waals surface area contributed by atoms with Crippen molar-refractivity contribution in [2.45, 2.75) is 4.90 Å². The fraction of sp³-hybridized carbons (Fsp3) is 0.227. The van der Waals surface area contributed by atoms with Gasteiger partial charge in [-0.15, -0.1) is 0 Å². The van der Waals surface area contributed by atoms with Gasteiger partial charge in [0.15, 0.2) is 18.2 Å². The third kappa shape index (κ3) is 6.62. The first kappa shape index (κ1) is 24.3. The van der Waals surface area contributed by atoms with E-state index in [4.69, 9.17) is 14.6 Å². The highest BCUT2D eigenvalue weighted by Gasteiger charge is 2.17. The van der Waals surface area contributed by atoms with Crippen LogP contribution in [-0.4, -0.2) is 62.1 Å². The van der Waals surface area contributed by atoms with Gasteiger partial charge in [-0.2, -0.15) is 4.98 Å². The third-order valence-corrected chi connectivity index (χ3v) is 5.96. The number of benzene rings is 2. The Bertz CT molecular complexity index is 1280. The summed E-state index contributed by atoms with van der Waals surface area (Å²) in [4.78, 5) is 21.9. The van der Waals surface area contributed by atoms with Crippen LogP contribution in [0.15, 0.2) is 59.6 Å². The quantitative estimate of drug-likeness (QED) is 0.420. The number of nitrogens with zero attached hydrogens (tertiary/aromatic N) is 3. The van der Waals surface area contributed by atoms with Crippen LogP contribution in [0.25, 0.3) is 0 Å². The lowest BCUT2D eigenvalue weighted by Gasteiger charge is -2.26. The molecule has 0 atom stereocenters. The first-order chi connectivity index (χ1) is 16.8. The minimum absolute atomic E-state index is 0.0386. The molecule has 4 N–H and O–H groups in total. The minimum Gasteiger partial charge on any atom is -0.484 e. The molecule has 1 aliphatic heterocycles. The first-order valence-corrected chi connectivity index (χ1v) is 12.1. The maximum atomic E-state index is 14.3. The molecule has 35 heavy (non-hydrogen) atoms. The fourth-order valence-electron chi connectivity index (χ4n) is 3.19. The number of rotatable bonds is 8. The van der Waals surface area contributed by atoms with Crippen molar-refractivity contribution in [3.8, 4) is 5.75 Å². The van der Waals surface area contributed by atoms with Crippen molar-refractivity contribution in [3.05, 3.63) is 60.5 Å². The highest BCUT2D eigenvalue weighted by molar-refractivity contribution is 7.89. The summed E-state index contributed by atoms with van der Waals surface area (Å²) >= 11 is 0. The van der Waals surface area contributed by atoms with Crippen molar-refractivity contribution < 1.29 is 27.1 Å². The topological polar surface area (TPSA) is 149 Å². The molecular weight excluding hydrogens is 479 g/mol. The smallest absolute Gasteiger partial charge is 0.260 e. The number of primary sulfonamides is 1. The maximum Gasteiger partial charge on any atom is 0.260 e. The van der Waals surface area contributed by atoms with Gasteiger partial charge < -0.3 is 25.0 Å². The lowest BCUT2D eigenvalue weighted by atomic mass is 10.3. The molecule has 1 amide bonds. The zero-order valence-electron chi connectivity index (χ0n) is 18.5. The van der Waals surface area contributed by atoms with Crippen LogP contribution < -0.4 is 20.5 Å². The highest BCUT2D eigenvalue weighted by atomic mass is 32.2. The number of nitrogens with two attached hydrogens (primary N) is 1. The first-order valence-electron chi connectivity index (χ1n) is 10.6. The molecule has 1 fully saturated rings. The largest absolute Gasteiger partial charge is 0.484 e. The van der Waals surface area contributed by atoms with E-state index in [0.29, 0.717) is 43.4 Å². The van der Waals surface area contributed by atoms with Crippen molar-refractivity contribution in [2.24, 2.45) is 5.14 Å². The van der Waals surface area contributed by atoms with Gasteiger partial charge >= 0.3 is 0 Å². The summed E-state index contributed by atoms with van der Waals surface area (Å²) in [7, 11) is -3.81. The molecule has 3 aromatic rings. The molecule has 1 aromatic heterocycles. The van der Waals surface area contributed by atoms with Gasteiger partial charge in [0, 0.05) is 24.5 Å². The number of aromatic nitrogens is 2. The molecule has 11 nitrogen and oxygen atoms in total. The van der Waals surface area contributed by atoms with Crippen LogP contribution in [0.1, 0.15) is 0 Å². The summed E-state index contributed by atoms with van der Waals surface area (Å²) in [5.41, 5.74) is 1.03. The number of ether oxygens (including phenoxy) is 2. The Kier molecular flexibility index (Phi) is 7.39. The average molecular weight is 503 g/mol. The Balaban J connectivity index is 1.36. The van der Waals surface area contributed by atoms with Crippen LogP contribution in [0.4, 0.5) is 27.5 Å². The van der Waals surface area contributed by atoms with Gasteiger partial charge in [0.2, 0.25) is 16.0 Å². The molecule has 2 aromatic carbocycles. The lowest BCUT2D eigenvalue weighted by molar-refractivity contribution is -0.137. The van der Waals surface area contributed by atoms with Gasteiger partial charge in [0.25, 0.3) is 5.91 Å². The third-order valence-electron chi connectivity index (χ3n) is 5.03. The van der Waals surface area contributed by atoms with Crippen LogP contribution in [0.5, 0.6) is 5.75 Å². The highest BCUT2D eigenvalue weighted by Crippen LogP contribution is 2.23. The van der Waals surface area contributed by atoms with Crippen molar-refractivity contribution in [3.63, 3.8) is 0 Å². The van der Waals surface area contributed by atoms with Gasteiger partial charge in [-0.25, -0.2) is 22.9 Å². The molecular formula is C22H23FN6O5S. The lowest BCUT2D eigenvalue weighted by Crippen LogP contribution is -2.42. The molecule has 184 valence electrons. The van der Waals surface area contributed by atoms with E-state index in [2.05, 4.69) is 20.6 Å². The number of nitrogens with one attached hydrogen (secondary N) is 2. The molecule has 2 heterocycles. The van der Waals surface area contributed by atoms with Crippen molar-refractivity contribution in [1.29, 1.82) is 0 Å². The summed E-state index contributed by atoms with van der Waals surface area (Å²) in [5.74, 6) is -0.265. The Hall–Kier alpha value is -3.81. The number of hydrogen-bond acceptors (Lipinski definition) is 9. The van der Waals surface area contributed by atoms with E-state index in [9.17, 15) is 17.6 Å². The zero-order chi connectivity index (χ0) is 24.8. The molecule has 0 spiro atoms. The zero-order valence-corrected chi connectivity index (χ0v) is 19.3. The summed E-state index contributed by atoms with van der Waals surface area (Å²) in [6.07, 6.45) is 1.01. The Morgan fingerprint density at radius 3 is 2.34 bits per heavy atom.